The summed E-state index contributed by atoms with van der Waals surface area (Å²) in [5, 5.41) is 0.607. The number of hydrogen-bond acceptors (Lipinski definition) is 2. The van der Waals surface area contributed by atoms with E-state index in [9.17, 15) is 4.79 Å². The molecule has 0 aliphatic rings. The molecule has 0 aromatic carbocycles. The van der Waals surface area contributed by atoms with Crippen LogP contribution in [0.4, 0.5) is 0 Å². The first-order chi connectivity index (χ1) is 4.18. The van der Waals surface area contributed by atoms with Crippen LogP contribution in [0.2, 0.25) is 0 Å². The number of thioether (sulfide) groups is 1. The van der Waals surface area contributed by atoms with Crippen molar-refractivity contribution in [3.8, 4) is 0 Å². The van der Waals surface area contributed by atoms with Crippen molar-refractivity contribution < 1.29 is 4.79 Å². The molecule has 0 spiro atoms. The molecule has 0 N–H and O–H groups in total. The van der Waals surface area contributed by atoms with Crippen LogP contribution >= 0.6 is 11.8 Å². The zero-order valence-electron chi connectivity index (χ0n) is 6.26. The Morgan fingerprint density at radius 3 is 2.33 bits per heavy atom. The molecule has 0 amide bonds. The third-order valence-corrected chi connectivity index (χ3v) is 2.76. The topological polar surface area (TPSA) is 17.1 Å². The third-order valence-electron chi connectivity index (χ3n) is 1.37. The van der Waals surface area contributed by atoms with E-state index in [1.807, 2.05) is 0 Å². The van der Waals surface area contributed by atoms with Crippen molar-refractivity contribution in [1.29, 1.82) is 0 Å². The normalized spacial score (nSPS) is 13.8. The molecule has 9 heavy (non-hydrogen) atoms. The lowest BCUT2D eigenvalue weighted by atomic mass is 10.2. The van der Waals surface area contributed by atoms with Gasteiger partial charge in [-0.2, -0.15) is 11.8 Å². The summed E-state index contributed by atoms with van der Waals surface area (Å²) in [6, 6.07) is 0. The van der Waals surface area contributed by atoms with Crippen molar-refractivity contribution in [2.75, 3.05) is 5.75 Å². The molecule has 0 aromatic heterocycles. The van der Waals surface area contributed by atoms with E-state index in [4.69, 9.17) is 0 Å². The summed E-state index contributed by atoms with van der Waals surface area (Å²) in [7, 11) is 0. The van der Waals surface area contributed by atoms with Gasteiger partial charge in [-0.15, -0.1) is 0 Å². The molecule has 2 heteroatoms. The van der Waals surface area contributed by atoms with Crippen molar-refractivity contribution in [2.45, 2.75) is 26.0 Å². The summed E-state index contributed by atoms with van der Waals surface area (Å²) in [6.07, 6.45) is 0.962. The number of hydrogen-bond donors (Lipinski definition) is 0. The van der Waals surface area contributed by atoms with Crippen LogP contribution in [0.1, 0.15) is 20.8 Å². The van der Waals surface area contributed by atoms with E-state index in [-0.39, 0.29) is 0 Å². The van der Waals surface area contributed by atoms with Gasteiger partial charge >= 0.3 is 0 Å². The molecule has 54 valence electrons. The molecule has 1 nitrogen and oxygen atoms in total. The van der Waals surface area contributed by atoms with Crippen LogP contribution in [0.25, 0.3) is 0 Å². The molecular weight excluding hydrogens is 132 g/mol. The Labute approximate surface area is 61.2 Å². The van der Waals surface area contributed by atoms with E-state index >= 15 is 0 Å². The van der Waals surface area contributed by atoms with E-state index in [1.165, 1.54) is 0 Å². The van der Waals surface area contributed by atoms with Gasteiger partial charge in [0, 0.05) is 11.0 Å². The highest BCUT2D eigenvalue weighted by Crippen LogP contribution is 2.16. The smallest absolute Gasteiger partial charge is 0.129 e. The highest BCUT2D eigenvalue weighted by Gasteiger charge is 2.05. The Morgan fingerprint density at radius 1 is 1.44 bits per heavy atom. The fourth-order valence-electron chi connectivity index (χ4n) is 0.384. The third kappa shape index (κ3) is 4.52. The lowest BCUT2D eigenvalue weighted by molar-refractivity contribution is -0.105. The zero-order valence-corrected chi connectivity index (χ0v) is 7.07. The molecular formula is C7H14OS. The quantitative estimate of drug-likeness (QED) is 0.564. The molecule has 1 atom stereocenters. The van der Waals surface area contributed by atoms with Crippen LogP contribution < -0.4 is 0 Å². The molecule has 0 aliphatic carbocycles. The van der Waals surface area contributed by atoms with Gasteiger partial charge in [0.2, 0.25) is 0 Å². The fourth-order valence-corrected chi connectivity index (χ4v) is 1.15. The average Bonchev–Trinajstić information content (AvgIpc) is 1.82. The minimum absolute atomic E-state index is 0.607. The Kier molecular flexibility index (Phi) is 4.87. The maximum absolute atomic E-state index is 9.91. The maximum atomic E-state index is 9.91. The summed E-state index contributed by atoms with van der Waals surface area (Å²) >= 11 is 1.72. The second-order valence-electron chi connectivity index (χ2n) is 2.45. The number of carbonyl (C=O) groups excluding carboxylic acids is 1. The maximum Gasteiger partial charge on any atom is 0.129 e. The van der Waals surface area contributed by atoms with Crippen molar-refractivity contribution in [3.05, 3.63) is 0 Å². The second kappa shape index (κ2) is 4.86. The van der Waals surface area contributed by atoms with Gasteiger partial charge in [-0.1, -0.05) is 20.8 Å². The second-order valence-corrected chi connectivity index (χ2v) is 3.86. The Balaban J connectivity index is 3.26. The summed E-state index contributed by atoms with van der Waals surface area (Å²) in [4.78, 5) is 9.91. The minimum Gasteiger partial charge on any atom is -0.302 e. The average molecular weight is 146 g/mol. The van der Waals surface area contributed by atoms with Crippen molar-refractivity contribution in [1.82, 2.24) is 0 Å². The van der Waals surface area contributed by atoms with Crippen LogP contribution in [0, 0.1) is 5.92 Å². The fraction of sp³-hybridized carbons (Fsp3) is 0.857. The van der Waals surface area contributed by atoms with Gasteiger partial charge in [0.05, 0.1) is 0 Å². The molecule has 0 radical (unpaired) electrons. The molecule has 1 unspecified atom stereocenters. The molecule has 0 aliphatic heterocycles. The van der Waals surface area contributed by atoms with Crippen LogP contribution in [0.15, 0.2) is 0 Å². The Morgan fingerprint density at radius 2 is 2.00 bits per heavy atom. The van der Waals surface area contributed by atoms with E-state index in [1.54, 1.807) is 11.8 Å². The Hall–Kier alpha value is 0.0200. The molecule has 0 bridgehead atoms. The van der Waals surface area contributed by atoms with E-state index < -0.39 is 0 Å². The van der Waals surface area contributed by atoms with E-state index in [0.29, 0.717) is 16.9 Å². The molecule has 0 saturated carbocycles. The molecule has 0 heterocycles. The highest BCUT2D eigenvalue weighted by atomic mass is 32.2. The monoisotopic (exact) mass is 146 g/mol. The molecule has 0 saturated heterocycles. The standard InChI is InChI=1S/C7H14OS/c1-6(2)7(3)9-5-4-8/h4,6-7H,5H2,1-3H3. The summed E-state index contributed by atoms with van der Waals surface area (Å²) in [5.41, 5.74) is 0. The summed E-state index contributed by atoms with van der Waals surface area (Å²) in [5.74, 6) is 1.31. The largest absolute Gasteiger partial charge is 0.302 e. The van der Waals surface area contributed by atoms with Gasteiger partial charge in [0.15, 0.2) is 0 Å². The van der Waals surface area contributed by atoms with Crippen LogP contribution in [-0.4, -0.2) is 17.3 Å². The van der Waals surface area contributed by atoms with Crippen molar-refractivity contribution in [3.63, 3.8) is 0 Å². The van der Waals surface area contributed by atoms with E-state index in [0.717, 1.165) is 6.29 Å². The van der Waals surface area contributed by atoms with Gasteiger partial charge < -0.3 is 4.79 Å². The number of aldehydes is 1. The van der Waals surface area contributed by atoms with Crippen LogP contribution in [-0.2, 0) is 4.79 Å². The van der Waals surface area contributed by atoms with Gasteiger partial charge in [0.25, 0.3) is 0 Å². The van der Waals surface area contributed by atoms with E-state index in [2.05, 4.69) is 20.8 Å². The first-order valence-corrected chi connectivity index (χ1v) is 4.28. The first-order valence-electron chi connectivity index (χ1n) is 3.23. The van der Waals surface area contributed by atoms with Gasteiger partial charge in [-0.05, 0) is 5.92 Å². The van der Waals surface area contributed by atoms with Crippen LogP contribution in [0.3, 0.4) is 0 Å². The molecule has 0 fully saturated rings. The lowest BCUT2D eigenvalue weighted by Gasteiger charge is -2.12. The van der Waals surface area contributed by atoms with Gasteiger partial charge in [-0.3, -0.25) is 0 Å². The SMILES string of the molecule is CC(C)C(C)SCC=O. The lowest BCUT2D eigenvalue weighted by Crippen LogP contribution is -2.06. The summed E-state index contributed by atoms with van der Waals surface area (Å²) in [6.45, 7) is 6.49. The molecule has 0 rings (SSSR count). The van der Waals surface area contributed by atoms with Crippen LogP contribution in [0.5, 0.6) is 0 Å². The number of rotatable bonds is 4. The van der Waals surface area contributed by atoms with Gasteiger partial charge in [0.1, 0.15) is 6.29 Å². The minimum atomic E-state index is 0.607. The summed E-state index contributed by atoms with van der Waals surface area (Å²) < 4.78 is 0. The molecule has 0 aromatic rings. The Bertz CT molecular complexity index is 81.0. The number of carbonyl (C=O) groups is 1. The highest BCUT2D eigenvalue weighted by molar-refractivity contribution is 8.00. The predicted molar refractivity (Wildman–Crippen MR) is 42.8 cm³/mol. The predicted octanol–water partition coefficient (Wildman–Crippen LogP) is 1.96. The first kappa shape index (κ1) is 9.02. The zero-order chi connectivity index (χ0) is 7.28. The van der Waals surface area contributed by atoms with Gasteiger partial charge in [-0.25, -0.2) is 0 Å². The van der Waals surface area contributed by atoms with Crippen molar-refractivity contribution in [2.24, 2.45) is 5.92 Å². The van der Waals surface area contributed by atoms with Crippen molar-refractivity contribution >= 4 is 18.0 Å².